The highest BCUT2D eigenvalue weighted by atomic mass is 32.1. The first kappa shape index (κ1) is 20.8. The van der Waals surface area contributed by atoms with Gasteiger partial charge < -0.3 is 9.84 Å². The SMILES string of the molecule is O=C(CCCc1nc(-c2cccs2)no1)NCc1ccc(CN2CCCCC2)cc1. The van der Waals surface area contributed by atoms with Crippen LogP contribution in [0.2, 0.25) is 0 Å². The van der Waals surface area contributed by atoms with Crippen molar-refractivity contribution in [3.05, 3.63) is 58.8 Å². The van der Waals surface area contributed by atoms with Crippen LogP contribution in [-0.2, 0) is 24.3 Å². The summed E-state index contributed by atoms with van der Waals surface area (Å²) in [5.74, 6) is 1.24. The Balaban J connectivity index is 1.15. The van der Waals surface area contributed by atoms with E-state index in [2.05, 4.69) is 44.6 Å². The molecule has 0 spiro atoms. The van der Waals surface area contributed by atoms with Gasteiger partial charge in [0.1, 0.15) is 0 Å². The lowest BCUT2D eigenvalue weighted by Crippen LogP contribution is -2.29. The predicted octanol–water partition coefficient (Wildman–Crippen LogP) is 4.42. The van der Waals surface area contributed by atoms with Crippen LogP contribution in [0.3, 0.4) is 0 Å². The molecule has 2 aromatic heterocycles. The summed E-state index contributed by atoms with van der Waals surface area (Å²) in [5, 5.41) is 8.98. The van der Waals surface area contributed by atoms with Crippen molar-refractivity contribution >= 4 is 17.2 Å². The molecule has 3 aromatic rings. The molecule has 0 radical (unpaired) electrons. The molecule has 7 heteroatoms. The Bertz CT molecular complexity index is 915. The Morgan fingerprint density at radius 1 is 1.10 bits per heavy atom. The molecule has 0 aliphatic carbocycles. The topological polar surface area (TPSA) is 71.3 Å². The van der Waals surface area contributed by atoms with Crippen LogP contribution in [0.4, 0.5) is 0 Å². The monoisotopic (exact) mass is 424 g/mol. The zero-order valence-electron chi connectivity index (χ0n) is 17.2. The van der Waals surface area contributed by atoms with Gasteiger partial charge in [-0.15, -0.1) is 11.3 Å². The molecule has 0 bridgehead atoms. The van der Waals surface area contributed by atoms with Crippen molar-refractivity contribution in [2.24, 2.45) is 0 Å². The second-order valence-electron chi connectivity index (χ2n) is 7.77. The number of carbonyl (C=O) groups excluding carboxylic acids is 1. The summed E-state index contributed by atoms with van der Waals surface area (Å²) in [4.78, 5) is 20.0. The smallest absolute Gasteiger partial charge is 0.226 e. The minimum atomic E-state index is 0.0467. The van der Waals surface area contributed by atoms with Crippen molar-refractivity contribution in [1.82, 2.24) is 20.4 Å². The lowest BCUT2D eigenvalue weighted by Gasteiger charge is -2.26. The largest absolute Gasteiger partial charge is 0.352 e. The molecular weight excluding hydrogens is 396 g/mol. The Morgan fingerprint density at radius 2 is 1.90 bits per heavy atom. The molecule has 158 valence electrons. The third-order valence-electron chi connectivity index (χ3n) is 5.37. The molecular formula is C23H28N4O2S. The summed E-state index contributed by atoms with van der Waals surface area (Å²) >= 11 is 1.58. The predicted molar refractivity (Wildman–Crippen MR) is 118 cm³/mol. The zero-order valence-corrected chi connectivity index (χ0v) is 18.0. The lowest BCUT2D eigenvalue weighted by atomic mass is 10.1. The van der Waals surface area contributed by atoms with E-state index in [1.165, 1.54) is 37.9 Å². The number of rotatable bonds is 9. The van der Waals surface area contributed by atoms with Crippen LogP contribution in [0.1, 0.15) is 49.1 Å². The van der Waals surface area contributed by atoms with Crippen LogP contribution < -0.4 is 5.32 Å². The van der Waals surface area contributed by atoms with Crippen molar-refractivity contribution in [2.75, 3.05) is 13.1 Å². The number of amides is 1. The molecule has 1 saturated heterocycles. The summed E-state index contributed by atoms with van der Waals surface area (Å²) in [6.07, 6.45) is 5.73. The van der Waals surface area contributed by atoms with Crippen molar-refractivity contribution in [3.8, 4) is 10.7 Å². The second kappa shape index (κ2) is 10.5. The van der Waals surface area contributed by atoms with E-state index in [-0.39, 0.29) is 5.91 Å². The van der Waals surface area contributed by atoms with Crippen LogP contribution in [-0.4, -0.2) is 34.0 Å². The Morgan fingerprint density at radius 3 is 2.67 bits per heavy atom. The van der Waals surface area contributed by atoms with E-state index < -0.39 is 0 Å². The molecule has 0 saturated carbocycles. The highest BCUT2D eigenvalue weighted by Crippen LogP contribution is 2.21. The number of benzene rings is 1. The second-order valence-corrected chi connectivity index (χ2v) is 8.72. The van der Waals surface area contributed by atoms with Crippen LogP contribution >= 0.6 is 11.3 Å². The lowest BCUT2D eigenvalue weighted by molar-refractivity contribution is -0.121. The van der Waals surface area contributed by atoms with E-state index in [0.29, 0.717) is 37.5 Å². The maximum atomic E-state index is 12.1. The minimum absolute atomic E-state index is 0.0467. The summed E-state index contributed by atoms with van der Waals surface area (Å²) in [6, 6.07) is 12.5. The van der Waals surface area contributed by atoms with E-state index in [4.69, 9.17) is 4.52 Å². The molecule has 3 heterocycles. The first-order valence-electron chi connectivity index (χ1n) is 10.7. The fourth-order valence-corrected chi connectivity index (χ4v) is 4.34. The number of thiophene rings is 1. The average Bonchev–Trinajstić information content (AvgIpc) is 3.46. The maximum Gasteiger partial charge on any atom is 0.226 e. The van der Waals surface area contributed by atoms with Gasteiger partial charge in [-0.25, -0.2) is 0 Å². The summed E-state index contributed by atoms with van der Waals surface area (Å²) in [5.41, 5.74) is 2.47. The first-order chi connectivity index (χ1) is 14.8. The highest BCUT2D eigenvalue weighted by molar-refractivity contribution is 7.13. The van der Waals surface area contributed by atoms with Crippen LogP contribution in [0, 0.1) is 0 Å². The average molecular weight is 425 g/mol. The molecule has 0 unspecified atom stereocenters. The van der Waals surface area contributed by atoms with Gasteiger partial charge in [-0.3, -0.25) is 9.69 Å². The molecule has 1 aliphatic rings. The van der Waals surface area contributed by atoms with Gasteiger partial charge in [-0.1, -0.05) is 41.9 Å². The fourth-order valence-electron chi connectivity index (χ4n) is 3.69. The van der Waals surface area contributed by atoms with E-state index in [1.54, 1.807) is 11.3 Å². The minimum Gasteiger partial charge on any atom is -0.352 e. The normalized spacial score (nSPS) is 14.7. The van der Waals surface area contributed by atoms with Gasteiger partial charge in [0.25, 0.3) is 0 Å². The van der Waals surface area contributed by atoms with Crippen molar-refractivity contribution in [1.29, 1.82) is 0 Å². The zero-order chi connectivity index (χ0) is 20.6. The number of likely N-dealkylation sites (tertiary alicyclic amines) is 1. The van der Waals surface area contributed by atoms with Crippen molar-refractivity contribution < 1.29 is 9.32 Å². The number of piperidine rings is 1. The highest BCUT2D eigenvalue weighted by Gasteiger charge is 2.11. The summed E-state index contributed by atoms with van der Waals surface area (Å²) < 4.78 is 5.28. The number of hydrogen-bond acceptors (Lipinski definition) is 6. The molecule has 1 amide bonds. The molecule has 4 rings (SSSR count). The molecule has 30 heavy (non-hydrogen) atoms. The first-order valence-corrected chi connectivity index (χ1v) is 11.6. The number of aromatic nitrogens is 2. The standard InChI is InChI=1S/C23H28N4O2S/c28-21(7-4-8-22-25-23(26-29-22)20-6-5-15-30-20)24-16-18-9-11-19(12-10-18)17-27-13-2-1-3-14-27/h5-6,9-12,15H,1-4,7-8,13-14,16-17H2,(H,24,28). The number of hydrogen-bond donors (Lipinski definition) is 1. The van der Waals surface area contributed by atoms with Gasteiger partial charge in [0, 0.05) is 25.9 Å². The molecule has 1 aromatic carbocycles. The Kier molecular flexibility index (Phi) is 7.26. The van der Waals surface area contributed by atoms with Gasteiger partial charge in [0.15, 0.2) is 0 Å². The fraction of sp³-hybridized carbons (Fsp3) is 0.435. The summed E-state index contributed by atoms with van der Waals surface area (Å²) in [7, 11) is 0. The van der Waals surface area contributed by atoms with Gasteiger partial charge in [-0.05, 0) is 54.9 Å². The Hall–Kier alpha value is -2.51. The molecule has 1 aliphatic heterocycles. The van der Waals surface area contributed by atoms with Crippen LogP contribution in [0.15, 0.2) is 46.3 Å². The number of nitrogens with zero attached hydrogens (tertiary/aromatic N) is 3. The molecule has 6 nitrogen and oxygen atoms in total. The van der Waals surface area contributed by atoms with E-state index in [0.717, 1.165) is 17.0 Å². The van der Waals surface area contributed by atoms with E-state index in [9.17, 15) is 4.79 Å². The van der Waals surface area contributed by atoms with E-state index in [1.807, 2.05) is 17.5 Å². The molecule has 1 fully saturated rings. The maximum absolute atomic E-state index is 12.1. The van der Waals surface area contributed by atoms with Gasteiger partial charge >= 0.3 is 0 Å². The quantitative estimate of drug-likeness (QED) is 0.550. The van der Waals surface area contributed by atoms with Crippen LogP contribution in [0.5, 0.6) is 0 Å². The van der Waals surface area contributed by atoms with Crippen LogP contribution in [0.25, 0.3) is 10.7 Å². The van der Waals surface area contributed by atoms with Crippen molar-refractivity contribution in [2.45, 2.75) is 51.6 Å². The van der Waals surface area contributed by atoms with Gasteiger partial charge in [-0.2, -0.15) is 4.98 Å². The van der Waals surface area contributed by atoms with Crippen molar-refractivity contribution in [3.63, 3.8) is 0 Å². The third-order valence-corrected chi connectivity index (χ3v) is 6.24. The van der Waals surface area contributed by atoms with Gasteiger partial charge in [0.05, 0.1) is 4.88 Å². The summed E-state index contributed by atoms with van der Waals surface area (Å²) in [6.45, 7) is 4.00. The number of carbonyl (C=O) groups is 1. The van der Waals surface area contributed by atoms with E-state index >= 15 is 0 Å². The number of aryl methyl sites for hydroxylation is 1. The van der Waals surface area contributed by atoms with Gasteiger partial charge in [0.2, 0.25) is 17.6 Å². The third kappa shape index (κ3) is 6.00. The molecule has 0 atom stereocenters. The Labute approximate surface area is 181 Å². The number of nitrogens with one attached hydrogen (secondary N) is 1. The molecule has 1 N–H and O–H groups in total.